The van der Waals surface area contributed by atoms with Crippen molar-refractivity contribution in [3.8, 4) is 0 Å². The van der Waals surface area contributed by atoms with Crippen LogP contribution in [0.4, 0.5) is 0 Å². The van der Waals surface area contributed by atoms with Crippen molar-refractivity contribution in [2.75, 3.05) is 13.2 Å². The molecule has 0 amide bonds. The molecule has 1 heterocycles. The Hall–Kier alpha value is -2.57. The molecule has 11 nitrogen and oxygen atoms in total. The molecular formula is C45H78O11. The number of carbonyl (C=O) groups excluding carboxylic acids is 2. The van der Waals surface area contributed by atoms with Crippen LogP contribution in [-0.2, 0) is 33.3 Å². The van der Waals surface area contributed by atoms with E-state index in [-0.39, 0.29) is 19.4 Å². The third-order valence-electron chi connectivity index (χ3n) is 10.0. The number of hydrogen-bond acceptors (Lipinski definition) is 10. The van der Waals surface area contributed by atoms with E-state index >= 15 is 0 Å². The Labute approximate surface area is 338 Å². The minimum Gasteiger partial charge on any atom is -0.479 e. The van der Waals surface area contributed by atoms with Crippen LogP contribution in [0.2, 0.25) is 0 Å². The first kappa shape index (κ1) is 51.4. The van der Waals surface area contributed by atoms with Crippen LogP contribution >= 0.6 is 0 Å². The number of hydrogen-bond donors (Lipinski definition) is 4. The number of rotatable bonds is 36. The highest BCUT2D eigenvalue weighted by atomic mass is 16.7. The Morgan fingerprint density at radius 3 is 1.59 bits per heavy atom. The zero-order valence-corrected chi connectivity index (χ0v) is 34.9. The lowest BCUT2D eigenvalue weighted by atomic mass is 9.99. The van der Waals surface area contributed by atoms with E-state index in [0.29, 0.717) is 12.8 Å². The lowest BCUT2D eigenvalue weighted by Crippen LogP contribution is -2.60. The number of carboxylic acids is 1. The quantitative estimate of drug-likeness (QED) is 0.0271. The molecule has 0 radical (unpaired) electrons. The molecule has 6 unspecified atom stereocenters. The van der Waals surface area contributed by atoms with Gasteiger partial charge in [0.15, 0.2) is 18.5 Å². The van der Waals surface area contributed by atoms with E-state index < -0.39 is 61.3 Å². The maximum absolute atomic E-state index is 12.8. The first-order valence-electron chi connectivity index (χ1n) is 22.0. The van der Waals surface area contributed by atoms with Gasteiger partial charge in [-0.1, -0.05) is 159 Å². The second kappa shape index (κ2) is 35.6. The number of unbranched alkanes of at least 4 members (excludes halogenated alkanes) is 19. The number of allylic oxidation sites excluding steroid dienone is 6. The molecule has 0 saturated carbocycles. The SMILES string of the molecule is CC/C=C\C/C=C\C/C=C\CCCCCC(=O)OCC(COC1OC(C(=O)O)C(O)C(O)C1O)OC(=O)CCCCCCCCCCCCCCCCCCC. The molecule has 0 bridgehead atoms. The summed E-state index contributed by atoms with van der Waals surface area (Å²) in [4.78, 5) is 36.8. The molecule has 4 N–H and O–H groups in total. The van der Waals surface area contributed by atoms with Crippen molar-refractivity contribution in [1.29, 1.82) is 0 Å². The van der Waals surface area contributed by atoms with Crippen molar-refractivity contribution >= 4 is 17.9 Å². The van der Waals surface area contributed by atoms with E-state index in [1.54, 1.807) is 0 Å². The fraction of sp³-hybridized carbons (Fsp3) is 0.800. The summed E-state index contributed by atoms with van der Waals surface area (Å²) >= 11 is 0. The zero-order chi connectivity index (χ0) is 41.1. The van der Waals surface area contributed by atoms with Crippen molar-refractivity contribution in [1.82, 2.24) is 0 Å². The molecular weight excluding hydrogens is 716 g/mol. The molecule has 0 aromatic heterocycles. The molecule has 324 valence electrons. The monoisotopic (exact) mass is 795 g/mol. The smallest absolute Gasteiger partial charge is 0.335 e. The molecule has 1 fully saturated rings. The standard InChI is InChI=1S/C45H78O11/c1-3-5-7-9-11-13-15-17-18-19-20-22-24-26-28-30-32-34-39(47)55-37(36-54-45-42(50)40(48)41(49)43(56-45)44(51)52)35-53-38(46)33-31-29-27-25-23-21-16-14-12-10-8-6-4-2/h6,8,12,14,21,23,37,40-43,45,48-50H,3-5,7,9-11,13,15-20,22,24-36H2,1-2H3,(H,51,52)/b8-6-,14-12-,23-21-. The van der Waals surface area contributed by atoms with Gasteiger partial charge in [-0.15, -0.1) is 0 Å². The number of esters is 2. The van der Waals surface area contributed by atoms with Crippen molar-refractivity contribution in [2.24, 2.45) is 0 Å². The number of aliphatic hydroxyl groups is 3. The van der Waals surface area contributed by atoms with Crippen molar-refractivity contribution < 1.29 is 53.8 Å². The second-order valence-electron chi connectivity index (χ2n) is 15.2. The largest absolute Gasteiger partial charge is 0.479 e. The number of ether oxygens (including phenoxy) is 4. The minimum atomic E-state index is -1.86. The molecule has 0 aromatic carbocycles. The van der Waals surface area contributed by atoms with Gasteiger partial charge in [-0.25, -0.2) is 4.79 Å². The maximum atomic E-state index is 12.8. The van der Waals surface area contributed by atoms with Gasteiger partial charge in [-0.3, -0.25) is 9.59 Å². The number of carbonyl (C=O) groups is 3. The lowest BCUT2D eigenvalue weighted by Gasteiger charge is -2.38. The summed E-state index contributed by atoms with van der Waals surface area (Å²) in [6.45, 7) is 3.67. The summed E-state index contributed by atoms with van der Waals surface area (Å²) in [5.41, 5.74) is 0. The van der Waals surface area contributed by atoms with Crippen LogP contribution in [0.5, 0.6) is 0 Å². The van der Waals surface area contributed by atoms with Gasteiger partial charge in [0.2, 0.25) is 0 Å². The van der Waals surface area contributed by atoms with Gasteiger partial charge in [-0.05, 0) is 44.9 Å². The van der Waals surface area contributed by atoms with Gasteiger partial charge in [0, 0.05) is 12.8 Å². The summed E-state index contributed by atoms with van der Waals surface area (Å²) < 4.78 is 21.7. The van der Waals surface area contributed by atoms with E-state index in [1.165, 1.54) is 83.5 Å². The van der Waals surface area contributed by atoms with Gasteiger partial charge in [0.05, 0.1) is 6.61 Å². The van der Waals surface area contributed by atoms with Gasteiger partial charge in [0.25, 0.3) is 0 Å². The van der Waals surface area contributed by atoms with Crippen LogP contribution in [0.25, 0.3) is 0 Å². The fourth-order valence-electron chi connectivity index (χ4n) is 6.54. The van der Waals surface area contributed by atoms with E-state index in [9.17, 15) is 34.8 Å². The summed E-state index contributed by atoms with van der Waals surface area (Å²) in [6, 6.07) is 0. The molecule has 0 aromatic rings. The topological polar surface area (TPSA) is 169 Å². The van der Waals surface area contributed by atoms with Gasteiger partial charge in [-0.2, -0.15) is 0 Å². The van der Waals surface area contributed by atoms with E-state index in [2.05, 4.69) is 50.3 Å². The highest BCUT2D eigenvalue weighted by Crippen LogP contribution is 2.23. The second-order valence-corrected chi connectivity index (χ2v) is 15.2. The Morgan fingerprint density at radius 1 is 0.571 bits per heavy atom. The average molecular weight is 795 g/mol. The van der Waals surface area contributed by atoms with E-state index in [4.69, 9.17) is 18.9 Å². The third kappa shape index (κ3) is 27.1. The van der Waals surface area contributed by atoms with Crippen LogP contribution in [0, 0.1) is 0 Å². The van der Waals surface area contributed by atoms with Crippen molar-refractivity contribution in [3.05, 3.63) is 36.5 Å². The first-order chi connectivity index (χ1) is 27.2. The number of aliphatic hydroxyl groups excluding tert-OH is 3. The normalized spacial score (nSPS) is 20.6. The van der Waals surface area contributed by atoms with Crippen LogP contribution in [-0.4, -0.2) is 88.4 Å². The Morgan fingerprint density at radius 2 is 1.05 bits per heavy atom. The Kier molecular flexibility index (Phi) is 32.7. The number of carboxylic acid groups (broad SMARTS) is 1. The first-order valence-corrected chi connectivity index (χ1v) is 22.0. The van der Waals surface area contributed by atoms with Gasteiger partial charge >= 0.3 is 17.9 Å². The summed E-state index contributed by atoms with van der Waals surface area (Å²) in [6.07, 6.45) is 30.6. The van der Waals surface area contributed by atoms with Crippen LogP contribution in [0.3, 0.4) is 0 Å². The Balaban J connectivity index is 2.38. The highest BCUT2D eigenvalue weighted by Gasteiger charge is 2.47. The fourth-order valence-corrected chi connectivity index (χ4v) is 6.54. The van der Waals surface area contributed by atoms with E-state index in [1.807, 2.05) is 0 Å². The van der Waals surface area contributed by atoms with Crippen LogP contribution in [0.15, 0.2) is 36.5 Å². The summed E-state index contributed by atoms with van der Waals surface area (Å²) in [5.74, 6) is -2.48. The molecule has 1 aliphatic rings. The predicted octanol–water partition coefficient (Wildman–Crippen LogP) is 9.20. The zero-order valence-electron chi connectivity index (χ0n) is 34.9. The lowest BCUT2D eigenvalue weighted by molar-refractivity contribution is -0.298. The molecule has 0 spiro atoms. The van der Waals surface area contributed by atoms with Gasteiger partial charge < -0.3 is 39.4 Å². The molecule has 1 rings (SSSR count). The van der Waals surface area contributed by atoms with Gasteiger partial charge in [0.1, 0.15) is 24.9 Å². The average Bonchev–Trinajstić information content (AvgIpc) is 3.18. The highest BCUT2D eigenvalue weighted by molar-refractivity contribution is 5.73. The maximum Gasteiger partial charge on any atom is 0.335 e. The van der Waals surface area contributed by atoms with Crippen molar-refractivity contribution in [3.63, 3.8) is 0 Å². The minimum absolute atomic E-state index is 0.179. The van der Waals surface area contributed by atoms with Crippen LogP contribution < -0.4 is 0 Å². The summed E-state index contributed by atoms with van der Waals surface area (Å²) in [7, 11) is 0. The third-order valence-corrected chi connectivity index (χ3v) is 10.0. The van der Waals surface area contributed by atoms with Crippen molar-refractivity contribution in [2.45, 2.75) is 218 Å². The predicted molar refractivity (Wildman–Crippen MR) is 220 cm³/mol. The molecule has 56 heavy (non-hydrogen) atoms. The Bertz CT molecular complexity index is 1070. The molecule has 6 atom stereocenters. The van der Waals surface area contributed by atoms with Crippen LogP contribution in [0.1, 0.15) is 181 Å². The molecule has 0 aliphatic carbocycles. The molecule has 1 saturated heterocycles. The molecule has 1 aliphatic heterocycles. The molecule has 11 heteroatoms. The van der Waals surface area contributed by atoms with E-state index in [0.717, 1.165) is 57.8 Å². The summed E-state index contributed by atoms with van der Waals surface area (Å²) in [5, 5.41) is 39.8. The number of aliphatic carboxylic acids is 1.